The molecular weight excluding hydrogens is 142 g/mol. The first kappa shape index (κ1) is 7.10. The summed E-state index contributed by atoms with van der Waals surface area (Å²) in [6.45, 7) is 2.25. The van der Waals surface area contributed by atoms with Gasteiger partial charge in [0.1, 0.15) is 5.54 Å². The van der Waals surface area contributed by atoms with E-state index >= 15 is 0 Å². The fraction of sp³-hybridized carbons (Fsp3) is 0.875. The molecule has 62 valence electrons. The molecule has 11 heavy (non-hydrogen) atoms. The molecule has 3 nitrogen and oxygen atoms in total. The van der Waals surface area contributed by atoms with Gasteiger partial charge in [0.25, 0.3) is 0 Å². The SMILES string of the molecule is CCOC(=O)C1(N)CC12CC2. The van der Waals surface area contributed by atoms with E-state index in [9.17, 15) is 4.79 Å². The van der Waals surface area contributed by atoms with Crippen LogP contribution in [0.4, 0.5) is 0 Å². The van der Waals surface area contributed by atoms with Gasteiger partial charge in [0.05, 0.1) is 6.61 Å². The van der Waals surface area contributed by atoms with Crippen LogP contribution in [0.1, 0.15) is 26.2 Å². The van der Waals surface area contributed by atoms with Crippen LogP contribution in [0.2, 0.25) is 0 Å². The van der Waals surface area contributed by atoms with E-state index < -0.39 is 5.54 Å². The average Bonchev–Trinajstić information content (AvgIpc) is 2.79. The zero-order valence-corrected chi connectivity index (χ0v) is 6.72. The van der Waals surface area contributed by atoms with Gasteiger partial charge in [-0.3, -0.25) is 4.79 Å². The Morgan fingerprint density at radius 3 is 2.64 bits per heavy atom. The number of carbonyl (C=O) groups excluding carboxylic acids is 1. The van der Waals surface area contributed by atoms with Gasteiger partial charge in [-0.25, -0.2) is 0 Å². The molecule has 2 fully saturated rings. The maximum atomic E-state index is 11.2. The number of esters is 1. The number of rotatable bonds is 2. The normalized spacial score (nSPS) is 36.9. The Morgan fingerprint density at radius 2 is 2.27 bits per heavy atom. The molecule has 0 heterocycles. The van der Waals surface area contributed by atoms with Crippen molar-refractivity contribution in [3.8, 4) is 0 Å². The summed E-state index contributed by atoms with van der Waals surface area (Å²) in [4.78, 5) is 11.2. The third-order valence-corrected chi connectivity index (χ3v) is 2.93. The summed E-state index contributed by atoms with van der Waals surface area (Å²) in [5.41, 5.74) is 5.43. The third-order valence-electron chi connectivity index (χ3n) is 2.93. The van der Waals surface area contributed by atoms with Gasteiger partial charge in [0.2, 0.25) is 0 Å². The maximum absolute atomic E-state index is 11.2. The molecule has 0 saturated heterocycles. The molecule has 0 aromatic carbocycles. The minimum atomic E-state index is -0.594. The van der Waals surface area contributed by atoms with E-state index in [1.54, 1.807) is 0 Å². The zero-order chi connectivity index (χ0) is 8.11. The van der Waals surface area contributed by atoms with Gasteiger partial charge in [0, 0.05) is 5.41 Å². The lowest BCUT2D eigenvalue weighted by Gasteiger charge is -2.08. The molecule has 2 saturated carbocycles. The van der Waals surface area contributed by atoms with Gasteiger partial charge in [-0.2, -0.15) is 0 Å². The fourth-order valence-corrected chi connectivity index (χ4v) is 1.81. The molecule has 2 aliphatic carbocycles. The van der Waals surface area contributed by atoms with Gasteiger partial charge >= 0.3 is 5.97 Å². The second-order valence-corrected chi connectivity index (χ2v) is 3.65. The second kappa shape index (κ2) is 1.78. The largest absolute Gasteiger partial charge is 0.465 e. The van der Waals surface area contributed by atoms with Crippen LogP contribution >= 0.6 is 0 Å². The number of hydrogen-bond donors (Lipinski definition) is 1. The molecule has 0 aromatic rings. The smallest absolute Gasteiger partial charge is 0.326 e. The summed E-state index contributed by atoms with van der Waals surface area (Å²) >= 11 is 0. The first-order valence-corrected chi connectivity index (χ1v) is 4.11. The number of carbonyl (C=O) groups is 1. The lowest BCUT2D eigenvalue weighted by molar-refractivity contribution is -0.146. The van der Waals surface area contributed by atoms with Crippen molar-refractivity contribution in [3.05, 3.63) is 0 Å². The van der Waals surface area contributed by atoms with Crippen molar-refractivity contribution in [2.24, 2.45) is 11.1 Å². The van der Waals surface area contributed by atoms with Crippen LogP contribution in [0, 0.1) is 5.41 Å². The van der Waals surface area contributed by atoms with Crippen molar-refractivity contribution in [1.29, 1.82) is 0 Å². The maximum Gasteiger partial charge on any atom is 0.326 e. The standard InChI is InChI=1S/C8H13NO2/c1-2-11-6(10)8(9)5-7(8)3-4-7/h2-5,9H2,1H3. The Morgan fingerprint density at radius 1 is 1.64 bits per heavy atom. The highest BCUT2D eigenvalue weighted by Crippen LogP contribution is 2.72. The van der Waals surface area contributed by atoms with Gasteiger partial charge in [-0.05, 0) is 26.2 Å². The summed E-state index contributed by atoms with van der Waals surface area (Å²) in [5, 5.41) is 0. The Hall–Kier alpha value is -0.570. The highest BCUT2D eigenvalue weighted by molar-refractivity contribution is 5.87. The molecule has 3 heteroatoms. The monoisotopic (exact) mass is 155 g/mol. The van der Waals surface area contributed by atoms with E-state index in [0.29, 0.717) is 6.61 Å². The molecule has 2 aliphatic rings. The molecule has 2 rings (SSSR count). The zero-order valence-electron chi connectivity index (χ0n) is 6.72. The first-order chi connectivity index (χ1) is 5.15. The van der Waals surface area contributed by atoms with Gasteiger partial charge in [0.15, 0.2) is 0 Å². The summed E-state index contributed by atoms with van der Waals surface area (Å²) < 4.78 is 4.88. The molecule has 0 aliphatic heterocycles. The quantitative estimate of drug-likeness (QED) is 0.588. The van der Waals surface area contributed by atoms with Crippen LogP contribution in [-0.2, 0) is 9.53 Å². The Kier molecular flexibility index (Phi) is 1.15. The lowest BCUT2D eigenvalue weighted by Crippen LogP contribution is -2.37. The van der Waals surface area contributed by atoms with E-state index in [-0.39, 0.29) is 11.4 Å². The predicted octanol–water partition coefficient (Wildman–Crippen LogP) is 0.431. The first-order valence-electron chi connectivity index (χ1n) is 4.11. The van der Waals surface area contributed by atoms with Crippen molar-refractivity contribution >= 4 is 5.97 Å². The van der Waals surface area contributed by atoms with Crippen LogP contribution in [0.5, 0.6) is 0 Å². The summed E-state index contributed by atoms with van der Waals surface area (Å²) in [7, 11) is 0. The second-order valence-electron chi connectivity index (χ2n) is 3.65. The predicted molar refractivity (Wildman–Crippen MR) is 39.8 cm³/mol. The van der Waals surface area contributed by atoms with Crippen LogP contribution in [0.15, 0.2) is 0 Å². The molecule has 0 radical (unpaired) electrons. The molecule has 0 amide bonds. The molecule has 1 unspecified atom stereocenters. The van der Waals surface area contributed by atoms with E-state index in [2.05, 4.69) is 0 Å². The summed E-state index contributed by atoms with van der Waals surface area (Å²) in [5.74, 6) is -0.197. The molecule has 0 aromatic heterocycles. The van der Waals surface area contributed by atoms with Crippen LogP contribution in [0.25, 0.3) is 0 Å². The molecule has 1 atom stereocenters. The average molecular weight is 155 g/mol. The number of hydrogen-bond acceptors (Lipinski definition) is 3. The van der Waals surface area contributed by atoms with Gasteiger partial charge in [-0.15, -0.1) is 0 Å². The highest BCUT2D eigenvalue weighted by atomic mass is 16.5. The minimum absolute atomic E-state index is 0.180. The molecular formula is C8H13NO2. The van der Waals surface area contributed by atoms with E-state index in [0.717, 1.165) is 19.3 Å². The van der Waals surface area contributed by atoms with E-state index in [1.165, 1.54) is 0 Å². The Balaban J connectivity index is 2.00. The van der Waals surface area contributed by atoms with E-state index in [4.69, 9.17) is 10.5 Å². The van der Waals surface area contributed by atoms with Crippen molar-refractivity contribution in [3.63, 3.8) is 0 Å². The molecule has 1 spiro atoms. The third kappa shape index (κ3) is 0.745. The van der Waals surface area contributed by atoms with Crippen molar-refractivity contribution < 1.29 is 9.53 Å². The summed E-state index contributed by atoms with van der Waals surface area (Å²) in [6.07, 6.45) is 3.07. The van der Waals surface area contributed by atoms with E-state index in [1.807, 2.05) is 6.92 Å². The lowest BCUT2D eigenvalue weighted by atomic mass is 10.2. The molecule has 0 bridgehead atoms. The number of nitrogens with two attached hydrogens (primary N) is 1. The van der Waals surface area contributed by atoms with Crippen LogP contribution in [0.3, 0.4) is 0 Å². The minimum Gasteiger partial charge on any atom is -0.465 e. The highest BCUT2D eigenvalue weighted by Gasteiger charge is 2.76. The van der Waals surface area contributed by atoms with Crippen molar-refractivity contribution in [2.45, 2.75) is 31.7 Å². The summed E-state index contributed by atoms with van der Waals surface area (Å²) in [6, 6.07) is 0. The fourth-order valence-electron chi connectivity index (χ4n) is 1.81. The Labute approximate surface area is 65.9 Å². The number of ether oxygens (including phenoxy) is 1. The van der Waals surface area contributed by atoms with Crippen molar-refractivity contribution in [1.82, 2.24) is 0 Å². The van der Waals surface area contributed by atoms with Gasteiger partial charge in [-0.1, -0.05) is 0 Å². The Bertz CT molecular complexity index is 210. The van der Waals surface area contributed by atoms with Crippen molar-refractivity contribution in [2.75, 3.05) is 6.61 Å². The molecule has 2 N–H and O–H groups in total. The van der Waals surface area contributed by atoms with Gasteiger partial charge < -0.3 is 10.5 Å². The topological polar surface area (TPSA) is 52.3 Å². The van der Waals surface area contributed by atoms with Crippen LogP contribution < -0.4 is 5.73 Å². The van der Waals surface area contributed by atoms with Crippen LogP contribution in [-0.4, -0.2) is 18.1 Å².